The molecule has 0 radical (unpaired) electrons. The molecule has 5 nitrogen and oxygen atoms in total. The highest BCUT2D eigenvalue weighted by atomic mass is 16.3. The molecule has 0 saturated carbocycles. The van der Waals surface area contributed by atoms with Crippen LogP contribution < -0.4 is 4.90 Å². The molecule has 1 aliphatic heterocycles. The molecule has 5 heteroatoms. The van der Waals surface area contributed by atoms with E-state index >= 15 is 0 Å². The summed E-state index contributed by atoms with van der Waals surface area (Å²) in [6.45, 7) is 6.03. The lowest BCUT2D eigenvalue weighted by molar-refractivity contribution is 0.157. The van der Waals surface area contributed by atoms with Gasteiger partial charge in [0.25, 0.3) is 0 Å². The van der Waals surface area contributed by atoms with Crippen molar-refractivity contribution in [3.63, 3.8) is 0 Å². The van der Waals surface area contributed by atoms with E-state index in [0.717, 1.165) is 59.6 Å². The first-order chi connectivity index (χ1) is 10.5. The van der Waals surface area contributed by atoms with Crippen LogP contribution in [-0.2, 0) is 19.3 Å². The Kier molecular flexibility index (Phi) is 4.00. The molecule has 0 amide bonds. The Bertz CT molecular complexity index is 693. The van der Waals surface area contributed by atoms with Crippen LogP contribution in [0.25, 0.3) is 10.9 Å². The predicted octanol–water partition coefficient (Wildman–Crippen LogP) is 2.28. The van der Waals surface area contributed by atoms with Crippen molar-refractivity contribution in [2.45, 2.75) is 58.6 Å². The van der Waals surface area contributed by atoms with Crippen LogP contribution in [0.15, 0.2) is 6.07 Å². The Hall–Kier alpha value is -1.75. The van der Waals surface area contributed by atoms with E-state index in [1.54, 1.807) is 0 Å². The number of rotatable bonds is 3. The Labute approximate surface area is 131 Å². The van der Waals surface area contributed by atoms with Crippen molar-refractivity contribution >= 4 is 16.7 Å². The van der Waals surface area contributed by atoms with E-state index in [1.165, 1.54) is 0 Å². The van der Waals surface area contributed by atoms with E-state index < -0.39 is 6.10 Å². The molecule has 0 aliphatic carbocycles. The van der Waals surface area contributed by atoms with Gasteiger partial charge in [0.05, 0.1) is 28.7 Å². The van der Waals surface area contributed by atoms with Crippen LogP contribution in [-0.4, -0.2) is 39.3 Å². The van der Waals surface area contributed by atoms with E-state index in [-0.39, 0.29) is 6.04 Å². The minimum atomic E-state index is -0.403. The van der Waals surface area contributed by atoms with Gasteiger partial charge >= 0.3 is 0 Å². The fourth-order valence-electron chi connectivity index (χ4n) is 3.29. The fourth-order valence-corrected chi connectivity index (χ4v) is 3.29. The third kappa shape index (κ3) is 2.43. The van der Waals surface area contributed by atoms with Crippen LogP contribution in [0.1, 0.15) is 44.4 Å². The van der Waals surface area contributed by atoms with Crippen LogP contribution in [0.4, 0.5) is 5.82 Å². The van der Waals surface area contributed by atoms with E-state index in [4.69, 9.17) is 15.0 Å². The van der Waals surface area contributed by atoms with Gasteiger partial charge in [0.1, 0.15) is 11.6 Å². The molecule has 2 aromatic rings. The van der Waals surface area contributed by atoms with Gasteiger partial charge in [0, 0.05) is 19.2 Å². The summed E-state index contributed by atoms with van der Waals surface area (Å²) in [5.41, 5.74) is 3.14. The van der Waals surface area contributed by atoms with Crippen molar-refractivity contribution in [1.82, 2.24) is 15.0 Å². The SMILES string of the molecule is CCc1cc2nc(CC)nc3c2c(n1)CC[C@H](C(C)O)N3C. The maximum atomic E-state index is 10.1. The molecule has 1 N–H and O–H groups in total. The van der Waals surface area contributed by atoms with E-state index in [0.29, 0.717) is 0 Å². The first kappa shape index (κ1) is 15.2. The highest BCUT2D eigenvalue weighted by molar-refractivity contribution is 5.92. The van der Waals surface area contributed by atoms with Crippen molar-refractivity contribution in [3.05, 3.63) is 23.3 Å². The van der Waals surface area contributed by atoms with Crippen molar-refractivity contribution in [1.29, 1.82) is 0 Å². The number of anilines is 1. The van der Waals surface area contributed by atoms with Crippen LogP contribution in [0.2, 0.25) is 0 Å². The molecular weight excluding hydrogens is 276 g/mol. The second kappa shape index (κ2) is 5.80. The van der Waals surface area contributed by atoms with Gasteiger partial charge in [-0.05, 0) is 32.3 Å². The zero-order valence-electron chi connectivity index (χ0n) is 13.8. The molecule has 2 aromatic heterocycles. The molecule has 1 unspecified atom stereocenters. The van der Waals surface area contributed by atoms with Crippen molar-refractivity contribution in [2.24, 2.45) is 0 Å². The molecule has 0 fully saturated rings. The summed E-state index contributed by atoms with van der Waals surface area (Å²) in [5.74, 6) is 1.76. The van der Waals surface area contributed by atoms with Gasteiger partial charge in [-0.25, -0.2) is 9.97 Å². The van der Waals surface area contributed by atoms with Crippen LogP contribution in [0.3, 0.4) is 0 Å². The van der Waals surface area contributed by atoms with Gasteiger partial charge in [-0.15, -0.1) is 0 Å². The highest BCUT2D eigenvalue weighted by Gasteiger charge is 2.28. The number of hydrogen-bond donors (Lipinski definition) is 1. The summed E-state index contributed by atoms with van der Waals surface area (Å²) in [6, 6.07) is 2.14. The van der Waals surface area contributed by atoms with E-state index in [2.05, 4.69) is 24.8 Å². The van der Waals surface area contributed by atoms with Gasteiger partial charge in [-0.1, -0.05) is 13.8 Å². The third-order valence-electron chi connectivity index (χ3n) is 4.58. The van der Waals surface area contributed by atoms with Gasteiger partial charge in [0.15, 0.2) is 0 Å². The fraction of sp³-hybridized carbons (Fsp3) is 0.588. The Morgan fingerprint density at radius 1 is 1.27 bits per heavy atom. The van der Waals surface area contributed by atoms with Crippen molar-refractivity contribution in [3.8, 4) is 0 Å². The van der Waals surface area contributed by atoms with Crippen LogP contribution >= 0.6 is 0 Å². The molecule has 0 aromatic carbocycles. The Balaban J connectivity index is 2.28. The number of aliphatic hydroxyl groups is 1. The Morgan fingerprint density at radius 3 is 2.68 bits per heavy atom. The average molecular weight is 300 g/mol. The van der Waals surface area contributed by atoms with Gasteiger partial charge < -0.3 is 10.0 Å². The largest absolute Gasteiger partial charge is 0.391 e. The molecule has 2 atom stereocenters. The molecule has 3 heterocycles. The van der Waals surface area contributed by atoms with Crippen LogP contribution in [0.5, 0.6) is 0 Å². The molecule has 22 heavy (non-hydrogen) atoms. The first-order valence-electron chi connectivity index (χ1n) is 8.15. The minimum absolute atomic E-state index is 0.0575. The van der Waals surface area contributed by atoms with Gasteiger partial charge in [-0.3, -0.25) is 4.98 Å². The van der Waals surface area contributed by atoms with Crippen molar-refractivity contribution < 1.29 is 5.11 Å². The Morgan fingerprint density at radius 2 is 2.05 bits per heavy atom. The second-order valence-electron chi connectivity index (χ2n) is 6.08. The zero-order chi connectivity index (χ0) is 15.9. The predicted molar refractivity (Wildman–Crippen MR) is 88.3 cm³/mol. The van der Waals surface area contributed by atoms with Gasteiger partial charge in [0.2, 0.25) is 0 Å². The summed E-state index contributed by atoms with van der Waals surface area (Å²) >= 11 is 0. The van der Waals surface area contributed by atoms with E-state index in [9.17, 15) is 5.11 Å². The normalized spacial score (nSPS) is 19.3. The van der Waals surface area contributed by atoms with Crippen molar-refractivity contribution in [2.75, 3.05) is 11.9 Å². The second-order valence-corrected chi connectivity index (χ2v) is 6.08. The summed E-state index contributed by atoms with van der Waals surface area (Å²) in [7, 11) is 2.02. The molecule has 1 aliphatic rings. The number of hydrogen-bond acceptors (Lipinski definition) is 5. The maximum absolute atomic E-state index is 10.1. The lowest BCUT2D eigenvalue weighted by Crippen LogP contribution is -2.40. The molecular formula is C17H24N4O. The number of aromatic nitrogens is 3. The molecule has 0 spiro atoms. The first-order valence-corrected chi connectivity index (χ1v) is 8.15. The lowest BCUT2D eigenvalue weighted by atomic mass is 10.0. The summed E-state index contributed by atoms with van der Waals surface area (Å²) in [6.07, 6.45) is 3.03. The summed E-state index contributed by atoms with van der Waals surface area (Å²) < 4.78 is 0. The number of likely N-dealkylation sites (N-methyl/N-ethyl adjacent to an activating group) is 1. The summed E-state index contributed by atoms with van der Waals surface area (Å²) in [4.78, 5) is 16.4. The molecule has 3 rings (SSSR count). The number of pyridine rings is 1. The number of nitrogens with zero attached hydrogens (tertiary/aromatic N) is 4. The van der Waals surface area contributed by atoms with Crippen LogP contribution in [0, 0.1) is 0 Å². The third-order valence-corrected chi connectivity index (χ3v) is 4.58. The standard InChI is InChI=1S/C17H24N4O/c1-5-11-9-13-16-12(18-11)7-8-14(10(3)22)21(4)17(16)20-15(6-2)19-13/h9-10,14,22H,5-8H2,1-4H3/t10?,14-/m1/s1. The smallest absolute Gasteiger partial charge is 0.142 e. The highest BCUT2D eigenvalue weighted by Crippen LogP contribution is 2.33. The zero-order valence-corrected chi connectivity index (χ0v) is 13.8. The minimum Gasteiger partial charge on any atom is -0.391 e. The molecule has 0 bridgehead atoms. The number of aliphatic hydroxyl groups excluding tert-OH is 1. The topological polar surface area (TPSA) is 62.1 Å². The molecule has 118 valence electrons. The van der Waals surface area contributed by atoms with E-state index in [1.807, 2.05) is 14.0 Å². The van der Waals surface area contributed by atoms with Gasteiger partial charge in [-0.2, -0.15) is 0 Å². The number of aryl methyl sites for hydroxylation is 3. The molecule has 0 saturated heterocycles. The quantitative estimate of drug-likeness (QED) is 0.942. The average Bonchev–Trinajstić information content (AvgIpc) is 2.65. The maximum Gasteiger partial charge on any atom is 0.142 e. The summed E-state index contributed by atoms with van der Waals surface area (Å²) in [5, 5.41) is 11.2. The monoisotopic (exact) mass is 300 g/mol. The lowest BCUT2D eigenvalue weighted by Gasteiger charge is -2.30.